The van der Waals surface area contributed by atoms with Crippen LogP contribution in [0.4, 0.5) is 0 Å². The van der Waals surface area contributed by atoms with Gasteiger partial charge in [-0.15, -0.1) is 0 Å². The van der Waals surface area contributed by atoms with Crippen molar-refractivity contribution < 1.29 is 0 Å². The molecule has 1 heterocycles. The van der Waals surface area contributed by atoms with Crippen LogP contribution < -0.4 is 5.32 Å². The highest BCUT2D eigenvalue weighted by Gasteiger charge is 2.20. The summed E-state index contributed by atoms with van der Waals surface area (Å²) in [7, 11) is 0. The van der Waals surface area contributed by atoms with Crippen molar-refractivity contribution in [3.8, 4) is 0 Å². The molecule has 0 saturated heterocycles. The van der Waals surface area contributed by atoms with Crippen molar-refractivity contribution in [2.24, 2.45) is 0 Å². The molecule has 1 unspecified atom stereocenters. The van der Waals surface area contributed by atoms with Crippen molar-refractivity contribution in [3.05, 3.63) is 57.8 Å². The molecule has 2 aromatic rings. The highest BCUT2D eigenvalue weighted by atomic mass is 32.1. The zero-order valence-corrected chi connectivity index (χ0v) is 13.0. The maximum atomic E-state index is 3.67. The van der Waals surface area contributed by atoms with E-state index in [2.05, 4.69) is 53.3 Å². The second kappa shape index (κ2) is 6.55. The van der Waals surface area contributed by atoms with E-state index in [1.807, 2.05) is 0 Å². The van der Waals surface area contributed by atoms with Crippen LogP contribution in [0.15, 0.2) is 41.1 Å². The Kier molecular flexibility index (Phi) is 4.54. The average Bonchev–Trinajstić information content (AvgIpc) is 2.93. The van der Waals surface area contributed by atoms with Crippen LogP contribution in [0.1, 0.15) is 61.3 Å². The van der Waals surface area contributed by atoms with Crippen LogP contribution in [-0.4, -0.2) is 6.54 Å². The summed E-state index contributed by atoms with van der Waals surface area (Å²) >= 11 is 1.78. The van der Waals surface area contributed by atoms with Gasteiger partial charge in [-0.1, -0.05) is 37.6 Å². The van der Waals surface area contributed by atoms with Crippen LogP contribution in [0.2, 0.25) is 0 Å². The van der Waals surface area contributed by atoms with Crippen LogP contribution in [-0.2, 0) is 0 Å². The van der Waals surface area contributed by atoms with Gasteiger partial charge in [-0.3, -0.25) is 0 Å². The smallest absolute Gasteiger partial charge is 0.0584 e. The van der Waals surface area contributed by atoms with Gasteiger partial charge in [0, 0.05) is 0 Å². The summed E-state index contributed by atoms with van der Waals surface area (Å²) < 4.78 is 0. The van der Waals surface area contributed by atoms with Gasteiger partial charge >= 0.3 is 0 Å². The quantitative estimate of drug-likeness (QED) is 0.778. The van der Waals surface area contributed by atoms with E-state index >= 15 is 0 Å². The number of hydrogen-bond acceptors (Lipinski definition) is 2. The first-order valence-electron chi connectivity index (χ1n) is 7.74. The van der Waals surface area contributed by atoms with Crippen LogP contribution in [0.5, 0.6) is 0 Å². The van der Waals surface area contributed by atoms with Gasteiger partial charge in [-0.2, -0.15) is 11.3 Å². The fraction of sp³-hybridized carbons (Fsp3) is 0.444. The van der Waals surface area contributed by atoms with Crippen molar-refractivity contribution >= 4 is 11.3 Å². The largest absolute Gasteiger partial charge is 0.306 e. The fourth-order valence-electron chi connectivity index (χ4n) is 2.86. The van der Waals surface area contributed by atoms with Gasteiger partial charge < -0.3 is 5.32 Å². The molecule has 20 heavy (non-hydrogen) atoms. The van der Waals surface area contributed by atoms with Gasteiger partial charge in [0.1, 0.15) is 0 Å². The molecule has 1 N–H and O–H groups in total. The standard InChI is InChI=1S/C18H23NS/c1-2-11-19-18(17-10-12-20-13-17)16-8-6-15(7-9-16)14-4-3-5-14/h6-10,12-14,18-19H,2-5,11H2,1H3. The van der Waals surface area contributed by atoms with E-state index in [1.165, 1.54) is 42.4 Å². The third-order valence-corrected chi connectivity index (χ3v) is 5.02. The molecule has 0 aliphatic heterocycles. The third kappa shape index (κ3) is 2.97. The topological polar surface area (TPSA) is 12.0 Å². The van der Waals surface area contributed by atoms with E-state index in [-0.39, 0.29) is 0 Å². The first-order chi connectivity index (χ1) is 9.88. The molecule has 1 atom stereocenters. The summed E-state index contributed by atoms with van der Waals surface area (Å²) in [5.41, 5.74) is 4.30. The van der Waals surface area contributed by atoms with Gasteiger partial charge in [0.2, 0.25) is 0 Å². The number of thiophene rings is 1. The maximum absolute atomic E-state index is 3.67. The highest BCUT2D eigenvalue weighted by Crippen LogP contribution is 2.36. The summed E-state index contributed by atoms with van der Waals surface area (Å²) in [5, 5.41) is 8.09. The van der Waals surface area contributed by atoms with Gasteiger partial charge in [0.05, 0.1) is 6.04 Å². The highest BCUT2D eigenvalue weighted by molar-refractivity contribution is 7.08. The summed E-state index contributed by atoms with van der Waals surface area (Å²) in [6, 6.07) is 11.9. The summed E-state index contributed by atoms with van der Waals surface area (Å²) in [5.74, 6) is 0.826. The van der Waals surface area contributed by atoms with Crippen LogP contribution in [0.25, 0.3) is 0 Å². The van der Waals surface area contributed by atoms with Crippen molar-refractivity contribution in [1.82, 2.24) is 5.32 Å². The second-order valence-corrected chi connectivity index (χ2v) is 6.52. The molecule has 1 aliphatic rings. The minimum absolute atomic E-state index is 0.344. The molecule has 2 heteroatoms. The number of nitrogens with one attached hydrogen (secondary N) is 1. The Morgan fingerprint density at radius 3 is 2.50 bits per heavy atom. The van der Waals surface area contributed by atoms with Crippen molar-refractivity contribution in [3.63, 3.8) is 0 Å². The fourth-order valence-corrected chi connectivity index (χ4v) is 3.54. The minimum Gasteiger partial charge on any atom is -0.306 e. The molecule has 3 rings (SSSR count). The Balaban J connectivity index is 1.79. The first kappa shape index (κ1) is 13.8. The van der Waals surface area contributed by atoms with Crippen molar-refractivity contribution in [1.29, 1.82) is 0 Å². The van der Waals surface area contributed by atoms with E-state index in [1.54, 1.807) is 11.3 Å². The van der Waals surface area contributed by atoms with Crippen molar-refractivity contribution in [2.45, 2.75) is 44.6 Å². The maximum Gasteiger partial charge on any atom is 0.0584 e. The lowest BCUT2D eigenvalue weighted by Gasteiger charge is -2.26. The summed E-state index contributed by atoms with van der Waals surface area (Å²) in [6.45, 7) is 3.28. The zero-order chi connectivity index (χ0) is 13.8. The molecule has 1 aromatic carbocycles. The second-order valence-electron chi connectivity index (χ2n) is 5.74. The molecule has 1 fully saturated rings. The molecule has 0 spiro atoms. The molecule has 0 radical (unpaired) electrons. The molecular weight excluding hydrogens is 262 g/mol. The number of benzene rings is 1. The minimum atomic E-state index is 0.344. The lowest BCUT2D eigenvalue weighted by atomic mass is 9.79. The Hall–Kier alpha value is -1.12. The monoisotopic (exact) mass is 285 g/mol. The van der Waals surface area contributed by atoms with Gasteiger partial charge in [-0.05, 0) is 65.2 Å². The molecule has 106 valence electrons. The third-order valence-electron chi connectivity index (χ3n) is 4.32. The average molecular weight is 285 g/mol. The van der Waals surface area contributed by atoms with Gasteiger partial charge in [0.25, 0.3) is 0 Å². The lowest BCUT2D eigenvalue weighted by Crippen LogP contribution is -2.22. The van der Waals surface area contributed by atoms with E-state index in [9.17, 15) is 0 Å². The Labute approximate surface area is 126 Å². The first-order valence-corrected chi connectivity index (χ1v) is 8.68. The molecule has 0 amide bonds. The van der Waals surface area contributed by atoms with Gasteiger partial charge in [-0.25, -0.2) is 0 Å². The molecule has 1 saturated carbocycles. The summed E-state index contributed by atoms with van der Waals surface area (Å²) in [6.07, 6.45) is 5.32. The van der Waals surface area contributed by atoms with E-state index < -0.39 is 0 Å². The van der Waals surface area contributed by atoms with Gasteiger partial charge in [0.15, 0.2) is 0 Å². The van der Waals surface area contributed by atoms with E-state index in [0.717, 1.165) is 12.5 Å². The van der Waals surface area contributed by atoms with E-state index in [4.69, 9.17) is 0 Å². The Bertz CT molecular complexity index is 511. The Morgan fingerprint density at radius 2 is 1.95 bits per heavy atom. The van der Waals surface area contributed by atoms with Crippen LogP contribution in [0.3, 0.4) is 0 Å². The molecule has 1 aromatic heterocycles. The predicted molar refractivity (Wildman–Crippen MR) is 87.5 cm³/mol. The van der Waals surface area contributed by atoms with Crippen molar-refractivity contribution in [2.75, 3.05) is 6.54 Å². The molecule has 1 aliphatic carbocycles. The number of hydrogen-bond donors (Lipinski definition) is 1. The number of rotatable bonds is 6. The van der Waals surface area contributed by atoms with Crippen LogP contribution >= 0.6 is 11.3 Å². The Morgan fingerprint density at radius 1 is 1.15 bits per heavy atom. The predicted octanol–water partition coefficient (Wildman–Crippen LogP) is 5.10. The van der Waals surface area contributed by atoms with Crippen LogP contribution in [0, 0.1) is 0 Å². The molecule has 0 bridgehead atoms. The van der Waals surface area contributed by atoms with E-state index in [0.29, 0.717) is 6.04 Å². The molecular formula is C18H23NS. The zero-order valence-electron chi connectivity index (χ0n) is 12.1. The summed E-state index contributed by atoms with van der Waals surface area (Å²) in [4.78, 5) is 0. The normalized spacial score (nSPS) is 16.9. The molecule has 1 nitrogen and oxygen atoms in total. The lowest BCUT2D eigenvalue weighted by molar-refractivity contribution is 0.419. The SMILES string of the molecule is CCCNC(c1ccc(C2CCC2)cc1)c1ccsc1.